The molecular formula is C12H17NO. The van der Waals surface area contributed by atoms with Crippen LogP contribution in [-0.4, -0.2) is 19.2 Å². The van der Waals surface area contributed by atoms with E-state index >= 15 is 0 Å². The fourth-order valence-corrected chi connectivity index (χ4v) is 1.99. The van der Waals surface area contributed by atoms with Crippen molar-refractivity contribution in [2.75, 3.05) is 13.2 Å². The van der Waals surface area contributed by atoms with Crippen LogP contribution < -0.4 is 5.32 Å². The summed E-state index contributed by atoms with van der Waals surface area (Å²) in [6.07, 6.45) is 0.213. The first kappa shape index (κ1) is 9.69. The third-order valence-corrected chi connectivity index (χ3v) is 2.81. The molecular weight excluding hydrogens is 174 g/mol. The Morgan fingerprint density at radius 1 is 1.36 bits per heavy atom. The van der Waals surface area contributed by atoms with Gasteiger partial charge in [-0.15, -0.1) is 0 Å². The Kier molecular flexibility index (Phi) is 2.85. The van der Waals surface area contributed by atoms with E-state index in [1.807, 2.05) is 0 Å². The summed E-state index contributed by atoms with van der Waals surface area (Å²) < 4.78 is 5.79. The Hall–Kier alpha value is -0.860. The molecule has 1 heterocycles. The molecule has 0 spiro atoms. The van der Waals surface area contributed by atoms with Gasteiger partial charge in [0.1, 0.15) is 0 Å². The molecule has 0 aliphatic carbocycles. The lowest BCUT2D eigenvalue weighted by atomic mass is 9.98. The van der Waals surface area contributed by atoms with E-state index < -0.39 is 0 Å². The van der Waals surface area contributed by atoms with E-state index in [4.69, 9.17) is 4.74 Å². The normalized spacial score (nSPS) is 27.6. The van der Waals surface area contributed by atoms with Crippen LogP contribution >= 0.6 is 0 Å². The zero-order valence-electron chi connectivity index (χ0n) is 8.79. The molecule has 0 bridgehead atoms. The second-order valence-corrected chi connectivity index (χ2v) is 3.89. The Bertz CT molecular complexity index is 311. The SMILES string of the molecule is Cc1ccccc1C1OCCNC1C. The van der Waals surface area contributed by atoms with Gasteiger partial charge in [0.25, 0.3) is 0 Å². The molecule has 1 N–H and O–H groups in total. The minimum atomic E-state index is 0.213. The lowest BCUT2D eigenvalue weighted by Crippen LogP contribution is -2.41. The van der Waals surface area contributed by atoms with E-state index in [0.717, 1.165) is 13.2 Å². The first-order chi connectivity index (χ1) is 6.79. The summed E-state index contributed by atoms with van der Waals surface area (Å²) in [5.41, 5.74) is 2.63. The molecule has 0 saturated carbocycles. The van der Waals surface area contributed by atoms with E-state index in [1.165, 1.54) is 11.1 Å². The van der Waals surface area contributed by atoms with Gasteiger partial charge in [0.15, 0.2) is 0 Å². The van der Waals surface area contributed by atoms with Gasteiger partial charge >= 0.3 is 0 Å². The highest BCUT2D eigenvalue weighted by molar-refractivity contribution is 5.29. The number of benzene rings is 1. The van der Waals surface area contributed by atoms with Crippen molar-refractivity contribution in [3.63, 3.8) is 0 Å². The fourth-order valence-electron chi connectivity index (χ4n) is 1.99. The van der Waals surface area contributed by atoms with Gasteiger partial charge in [-0.3, -0.25) is 0 Å². The summed E-state index contributed by atoms with van der Waals surface area (Å²) in [6, 6.07) is 8.85. The Labute approximate surface area is 85.3 Å². The Morgan fingerprint density at radius 2 is 2.14 bits per heavy atom. The molecule has 14 heavy (non-hydrogen) atoms. The molecule has 2 atom stereocenters. The van der Waals surface area contributed by atoms with Gasteiger partial charge in [0, 0.05) is 12.6 Å². The minimum Gasteiger partial charge on any atom is -0.371 e. The van der Waals surface area contributed by atoms with Crippen LogP contribution in [0.1, 0.15) is 24.2 Å². The number of nitrogens with one attached hydrogen (secondary N) is 1. The molecule has 2 rings (SSSR count). The quantitative estimate of drug-likeness (QED) is 0.733. The summed E-state index contributed by atoms with van der Waals surface area (Å²) in [5, 5.41) is 3.43. The molecule has 1 aliphatic rings. The molecule has 0 radical (unpaired) electrons. The highest BCUT2D eigenvalue weighted by atomic mass is 16.5. The fraction of sp³-hybridized carbons (Fsp3) is 0.500. The molecule has 1 fully saturated rings. The van der Waals surface area contributed by atoms with Crippen molar-refractivity contribution in [1.29, 1.82) is 0 Å². The van der Waals surface area contributed by atoms with Gasteiger partial charge in [-0.05, 0) is 25.0 Å². The van der Waals surface area contributed by atoms with Gasteiger partial charge < -0.3 is 10.1 Å². The van der Waals surface area contributed by atoms with Crippen molar-refractivity contribution < 1.29 is 4.74 Å². The second-order valence-electron chi connectivity index (χ2n) is 3.89. The number of hydrogen-bond donors (Lipinski definition) is 1. The largest absolute Gasteiger partial charge is 0.371 e. The molecule has 1 aromatic rings. The summed E-state index contributed by atoms with van der Waals surface area (Å²) in [5.74, 6) is 0. The summed E-state index contributed by atoms with van der Waals surface area (Å²) >= 11 is 0. The molecule has 1 aliphatic heterocycles. The van der Waals surface area contributed by atoms with E-state index in [0.29, 0.717) is 6.04 Å². The maximum absolute atomic E-state index is 5.79. The number of morpholine rings is 1. The van der Waals surface area contributed by atoms with E-state index in [1.54, 1.807) is 0 Å². The van der Waals surface area contributed by atoms with Crippen LogP contribution in [0.2, 0.25) is 0 Å². The summed E-state index contributed by atoms with van der Waals surface area (Å²) in [4.78, 5) is 0. The van der Waals surface area contributed by atoms with E-state index in [9.17, 15) is 0 Å². The van der Waals surface area contributed by atoms with Crippen LogP contribution in [0, 0.1) is 6.92 Å². The topological polar surface area (TPSA) is 21.3 Å². The van der Waals surface area contributed by atoms with Crippen molar-refractivity contribution >= 4 is 0 Å². The maximum atomic E-state index is 5.79. The molecule has 1 saturated heterocycles. The lowest BCUT2D eigenvalue weighted by molar-refractivity contribution is -0.000583. The monoisotopic (exact) mass is 191 g/mol. The average molecular weight is 191 g/mol. The predicted octanol–water partition coefficient (Wildman–Crippen LogP) is 2.04. The average Bonchev–Trinajstić information content (AvgIpc) is 2.20. The maximum Gasteiger partial charge on any atom is 0.0978 e. The Balaban J connectivity index is 2.25. The van der Waals surface area contributed by atoms with Crippen LogP contribution in [0.5, 0.6) is 0 Å². The van der Waals surface area contributed by atoms with Crippen molar-refractivity contribution in [3.8, 4) is 0 Å². The van der Waals surface area contributed by atoms with Crippen LogP contribution in [-0.2, 0) is 4.74 Å². The van der Waals surface area contributed by atoms with E-state index in [-0.39, 0.29) is 6.10 Å². The van der Waals surface area contributed by atoms with Crippen LogP contribution in [0.4, 0.5) is 0 Å². The summed E-state index contributed by atoms with van der Waals surface area (Å²) in [6.45, 7) is 6.09. The second kappa shape index (κ2) is 4.11. The van der Waals surface area contributed by atoms with Gasteiger partial charge in [0.2, 0.25) is 0 Å². The third kappa shape index (κ3) is 1.81. The van der Waals surface area contributed by atoms with Crippen molar-refractivity contribution in [1.82, 2.24) is 5.32 Å². The van der Waals surface area contributed by atoms with Gasteiger partial charge in [-0.1, -0.05) is 24.3 Å². The number of aryl methyl sites for hydroxylation is 1. The number of rotatable bonds is 1. The molecule has 1 aromatic carbocycles. The first-order valence-electron chi connectivity index (χ1n) is 5.19. The van der Waals surface area contributed by atoms with Gasteiger partial charge in [-0.25, -0.2) is 0 Å². The first-order valence-corrected chi connectivity index (χ1v) is 5.19. The van der Waals surface area contributed by atoms with Crippen LogP contribution in [0.3, 0.4) is 0 Å². The van der Waals surface area contributed by atoms with Crippen molar-refractivity contribution in [2.24, 2.45) is 0 Å². The third-order valence-electron chi connectivity index (χ3n) is 2.81. The minimum absolute atomic E-state index is 0.213. The van der Waals surface area contributed by atoms with Crippen LogP contribution in [0.15, 0.2) is 24.3 Å². The highest BCUT2D eigenvalue weighted by Gasteiger charge is 2.23. The molecule has 2 nitrogen and oxygen atoms in total. The predicted molar refractivity (Wildman–Crippen MR) is 57.3 cm³/mol. The molecule has 0 amide bonds. The molecule has 76 valence electrons. The smallest absolute Gasteiger partial charge is 0.0978 e. The lowest BCUT2D eigenvalue weighted by Gasteiger charge is -2.31. The van der Waals surface area contributed by atoms with E-state index in [2.05, 4.69) is 43.4 Å². The Morgan fingerprint density at radius 3 is 2.86 bits per heavy atom. The molecule has 2 unspecified atom stereocenters. The zero-order chi connectivity index (χ0) is 9.97. The van der Waals surface area contributed by atoms with Crippen LogP contribution in [0.25, 0.3) is 0 Å². The number of ether oxygens (including phenoxy) is 1. The summed E-state index contributed by atoms with van der Waals surface area (Å²) in [7, 11) is 0. The zero-order valence-corrected chi connectivity index (χ0v) is 8.79. The van der Waals surface area contributed by atoms with Crippen molar-refractivity contribution in [3.05, 3.63) is 35.4 Å². The highest BCUT2D eigenvalue weighted by Crippen LogP contribution is 2.25. The number of hydrogen-bond acceptors (Lipinski definition) is 2. The van der Waals surface area contributed by atoms with Crippen molar-refractivity contribution in [2.45, 2.75) is 26.0 Å². The van der Waals surface area contributed by atoms with Gasteiger partial charge in [-0.2, -0.15) is 0 Å². The van der Waals surface area contributed by atoms with Gasteiger partial charge in [0.05, 0.1) is 12.7 Å². The molecule has 2 heteroatoms. The molecule has 0 aromatic heterocycles. The standard InChI is InChI=1S/C12H17NO/c1-9-5-3-4-6-11(9)12-10(2)13-7-8-14-12/h3-6,10,12-13H,7-8H2,1-2H3.